The number of hydrogen-bond acceptors (Lipinski definition) is 6. The fraction of sp³-hybridized carbons (Fsp3) is 0.286. The van der Waals surface area contributed by atoms with Gasteiger partial charge in [-0.2, -0.15) is 0 Å². The van der Waals surface area contributed by atoms with Crippen LogP contribution in [0.25, 0.3) is 0 Å². The van der Waals surface area contributed by atoms with Gasteiger partial charge >= 0.3 is 0 Å². The van der Waals surface area contributed by atoms with Gasteiger partial charge in [0, 0.05) is 44.5 Å². The summed E-state index contributed by atoms with van der Waals surface area (Å²) in [6.07, 6.45) is 0.408. The Balaban J connectivity index is 1.05. The molecular formula is C28H31N3O3. The minimum absolute atomic E-state index is 0.246. The average Bonchev–Trinajstić information content (AvgIpc) is 3.24. The van der Waals surface area contributed by atoms with Crippen LogP contribution in [0.2, 0.25) is 0 Å². The summed E-state index contributed by atoms with van der Waals surface area (Å²) >= 11 is 0. The van der Waals surface area contributed by atoms with E-state index in [4.69, 9.17) is 9.47 Å². The summed E-state index contributed by atoms with van der Waals surface area (Å²) in [6.45, 7) is 8.34. The smallest absolute Gasteiger partial charge is 0.190 e. The number of nitrogens with one attached hydrogen (secondary N) is 1. The van der Waals surface area contributed by atoms with Gasteiger partial charge in [0.05, 0.1) is 5.69 Å². The Kier molecular flexibility index (Phi) is 6.70. The molecule has 3 aromatic rings. The fourth-order valence-electron chi connectivity index (χ4n) is 4.48. The number of aliphatic hydroxyl groups is 1. The van der Waals surface area contributed by atoms with Gasteiger partial charge in [0.2, 0.25) is 0 Å². The first-order chi connectivity index (χ1) is 16.6. The molecule has 176 valence electrons. The lowest BCUT2D eigenvalue weighted by Gasteiger charge is -2.37. The number of benzene rings is 3. The number of nitrogens with zero attached hydrogens (tertiary/aromatic N) is 2. The first-order valence-corrected chi connectivity index (χ1v) is 11.8. The Bertz CT molecular complexity index is 1110. The van der Waals surface area contributed by atoms with E-state index >= 15 is 0 Å². The Labute approximate surface area is 201 Å². The first kappa shape index (κ1) is 22.3. The quantitative estimate of drug-likeness (QED) is 0.531. The third kappa shape index (κ3) is 5.53. The zero-order valence-electron chi connectivity index (χ0n) is 19.3. The van der Waals surface area contributed by atoms with Crippen molar-refractivity contribution in [2.24, 2.45) is 0 Å². The predicted molar refractivity (Wildman–Crippen MR) is 136 cm³/mol. The van der Waals surface area contributed by atoms with Crippen molar-refractivity contribution in [2.75, 3.05) is 49.5 Å². The second kappa shape index (κ2) is 10.2. The molecule has 2 aliphatic heterocycles. The molecule has 2 heterocycles. The number of ether oxygens (including phenoxy) is 2. The minimum atomic E-state index is -0.550. The molecule has 0 bridgehead atoms. The molecule has 0 spiro atoms. The number of hydrogen-bond donors (Lipinski definition) is 2. The minimum Gasteiger partial charge on any atom is -0.491 e. The molecule has 1 fully saturated rings. The Hall–Kier alpha value is -3.48. The summed E-state index contributed by atoms with van der Waals surface area (Å²) in [6, 6.07) is 25.0. The molecule has 6 heteroatoms. The molecule has 1 saturated heterocycles. The van der Waals surface area contributed by atoms with Crippen LogP contribution in [0.5, 0.6) is 11.5 Å². The van der Waals surface area contributed by atoms with Crippen molar-refractivity contribution in [1.29, 1.82) is 0 Å². The average molecular weight is 458 g/mol. The second-order valence-electron chi connectivity index (χ2n) is 8.89. The molecule has 0 radical (unpaired) electrons. The molecule has 34 heavy (non-hydrogen) atoms. The summed E-state index contributed by atoms with van der Waals surface area (Å²) < 4.78 is 11.3. The molecule has 0 aliphatic carbocycles. The van der Waals surface area contributed by atoms with Gasteiger partial charge in [-0.25, -0.2) is 0 Å². The van der Waals surface area contributed by atoms with Crippen molar-refractivity contribution < 1.29 is 14.6 Å². The molecule has 0 amide bonds. The standard InChI is InChI=1S/C28H31N3O3/c1-21-29-27-12-11-26(18-28(27)34-21)33-20-25(32)19-30-13-15-31(16-14-30)24-9-7-23(8-10-24)17-22-5-3-2-4-6-22/h2-12,18,25,29,32H,1,13-17,19-20H2/t25-/m0/s1. The predicted octanol–water partition coefficient (Wildman–Crippen LogP) is 4.11. The van der Waals surface area contributed by atoms with Crippen molar-refractivity contribution in [2.45, 2.75) is 12.5 Å². The summed E-state index contributed by atoms with van der Waals surface area (Å²) in [5, 5.41) is 13.5. The van der Waals surface area contributed by atoms with Crippen LogP contribution in [0.1, 0.15) is 11.1 Å². The van der Waals surface area contributed by atoms with Crippen LogP contribution >= 0.6 is 0 Å². The molecule has 6 nitrogen and oxygen atoms in total. The highest BCUT2D eigenvalue weighted by molar-refractivity contribution is 5.65. The van der Waals surface area contributed by atoms with E-state index in [1.165, 1.54) is 16.8 Å². The number of β-amino-alcohol motifs (C(OH)–C–C–N with tert-alkyl or cyclic N) is 1. The maximum absolute atomic E-state index is 10.5. The van der Waals surface area contributed by atoms with E-state index in [0.29, 0.717) is 23.9 Å². The van der Waals surface area contributed by atoms with Gasteiger partial charge in [-0.1, -0.05) is 42.5 Å². The van der Waals surface area contributed by atoms with E-state index in [1.54, 1.807) is 0 Å². The number of anilines is 2. The van der Waals surface area contributed by atoms with Gasteiger partial charge in [-0.3, -0.25) is 4.90 Å². The number of aliphatic hydroxyl groups excluding tert-OH is 1. The third-order valence-electron chi connectivity index (χ3n) is 6.30. The Morgan fingerprint density at radius 3 is 2.44 bits per heavy atom. The lowest BCUT2D eigenvalue weighted by atomic mass is 10.0. The van der Waals surface area contributed by atoms with E-state index < -0.39 is 6.10 Å². The van der Waals surface area contributed by atoms with E-state index in [-0.39, 0.29) is 6.61 Å². The molecular weight excluding hydrogens is 426 g/mol. The van der Waals surface area contributed by atoms with Gasteiger partial charge in [-0.05, 0) is 48.4 Å². The van der Waals surface area contributed by atoms with E-state index in [9.17, 15) is 5.11 Å². The van der Waals surface area contributed by atoms with E-state index in [2.05, 4.69) is 76.3 Å². The van der Waals surface area contributed by atoms with Gasteiger partial charge < -0.3 is 24.8 Å². The summed E-state index contributed by atoms with van der Waals surface area (Å²) in [5.41, 5.74) is 4.80. The topological polar surface area (TPSA) is 57.2 Å². The van der Waals surface area contributed by atoms with Crippen LogP contribution in [-0.2, 0) is 6.42 Å². The zero-order chi connectivity index (χ0) is 23.3. The lowest BCUT2D eigenvalue weighted by Crippen LogP contribution is -2.49. The van der Waals surface area contributed by atoms with E-state index in [0.717, 1.165) is 38.3 Å². The van der Waals surface area contributed by atoms with Crippen molar-refractivity contribution in [1.82, 2.24) is 4.90 Å². The van der Waals surface area contributed by atoms with Gasteiger partial charge in [0.15, 0.2) is 11.6 Å². The third-order valence-corrected chi connectivity index (χ3v) is 6.30. The van der Waals surface area contributed by atoms with Gasteiger partial charge in [0.1, 0.15) is 18.5 Å². The first-order valence-electron chi connectivity index (χ1n) is 11.8. The van der Waals surface area contributed by atoms with Gasteiger partial charge in [0.25, 0.3) is 0 Å². The van der Waals surface area contributed by atoms with Crippen LogP contribution in [0, 0.1) is 0 Å². The van der Waals surface area contributed by atoms with Crippen LogP contribution in [-0.4, -0.2) is 55.4 Å². The molecule has 2 aliphatic rings. The van der Waals surface area contributed by atoms with Crippen LogP contribution in [0.3, 0.4) is 0 Å². The highest BCUT2D eigenvalue weighted by atomic mass is 16.5. The summed E-state index contributed by atoms with van der Waals surface area (Å²) in [4.78, 5) is 4.71. The number of rotatable bonds is 8. The van der Waals surface area contributed by atoms with Crippen molar-refractivity contribution in [3.63, 3.8) is 0 Å². The number of piperazine rings is 1. The Morgan fingerprint density at radius 2 is 1.68 bits per heavy atom. The molecule has 5 rings (SSSR count). The molecule has 2 N–H and O–H groups in total. The molecule has 3 aromatic carbocycles. The van der Waals surface area contributed by atoms with Crippen molar-refractivity contribution in [3.8, 4) is 11.5 Å². The monoisotopic (exact) mass is 457 g/mol. The molecule has 0 unspecified atom stereocenters. The highest BCUT2D eigenvalue weighted by Crippen LogP contribution is 2.35. The summed E-state index contributed by atoms with van der Waals surface area (Å²) in [7, 11) is 0. The van der Waals surface area contributed by atoms with Crippen LogP contribution < -0.4 is 19.7 Å². The Morgan fingerprint density at radius 1 is 0.941 bits per heavy atom. The van der Waals surface area contributed by atoms with E-state index in [1.807, 2.05) is 18.2 Å². The van der Waals surface area contributed by atoms with Crippen LogP contribution in [0.15, 0.2) is 85.3 Å². The summed E-state index contributed by atoms with van der Waals surface area (Å²) in [5.74, 6) is 1.88. The number of fused-ring (bicyclic) bond motifs is 1. The maximum atomic E-state index is 10.5. The molecule has 1 atom stereocenters. The lowest BCUT2D eigenvalue weighted by molar-refractivity contribution is 0.0662. The SMILES string of the molecule is C=C1Nc2ccc(OC[C@@H](O)CN3CCN(c4ccc(Cc5ccccc5)cc4)CC3)cc2O1. The largest absolute Gasteiger partial charge is 0.491 e. The second-order valence-corrected chi connectivity index (χ2v) is 8.89. The van der Waals surface area contributed by atoms with Crippen LogP contribution in [0.4, 0.5) is 11.4 Å². The zero-order valence-corrected chi connectivity index (χ0v) is 19.3. The normalized spacial score (nSPS) is 16.5. The van der Waals surface area contributed by atoms with Crippen molar-refractivity contribution >= 4 is 11.4 Å². The maximum Gasteiger partial charge on any atom is 0.190 e. The molecule has 0 aromatic heterocycles. The molecule has 0 saturated carbocycles. The highest BCUT2D eigenvalue weighted by Gasteiger charge is 2.20. The van der Waals surface area contributed by atoms with Gasteiger partial charge in [-0.15, -0.1) is 0 Å². The van der Waals surface area contributed by atoms with Crippen molar-refractivity contribution in [3.05, 3.63) is 96.4 Å². The fourth-order valence-corrected chi connectivity index (χ4v) is 4.48.